The first-order chi connectivity index (χ1) is 15.5. The number of aryl methyl sites for hydroxylation is 2. The van der Waals surface area contributed by atoms with Gasteiger partial charge in [0, 0.05) is 31.6 Å². The Morgan fingerprint density at radius 2 is 2.06 bits per heavy atom. The number of ether oxygens (including phenoxy) is 2. The first-order valence-electron chi connectivity index (χ1n) is 11.4. The highest BCUT2D eigenvalue weighted by Crippen LogP contribution is 2.33. The largest absolute Gasteiger partial charge is 0.454 e. The van der Waals surface area contributed by atoms with E-state index in [0.717, 1.165) is 49.3 Å². The van der Waals surface area contributed by atoms with Gasteiger partial charge in [0.05, 0.1) is 6.20 Å². The summed E-state index contributed by atoms with van der Waals surface area (Å²) >= 11 is 0. The fraction of sp³-hybridized carbons (Fsp3) is 0.565. The van der Waals surface area contributed by atoms with E-state index in [1.54, 1.807) is 10.9 Å². The van der Waals surface area contributed by atoms with Gasteiger partial charge in [0.1, 0.15) is 0 Å². The van der Waals surface area contributed by atoms with Crippen molar-refractivity contribution in [1.29, 1.82) is 0 Å². The van der Waals surface area contributed by atoms with E-state index < -0.39 is 0 Å². The van der Waals surface area contributed by atoms with Gasteiger partial charge in [-0.15, -0.1) is 5.10 Å². The van der Waals surface area contributed by atoms with Crippen molar-refractivity contribution in [3.05, 3.63) is 35.7 Å². The van der Waals surface area contributed by atoms with Crippen LogP contribution in [0.3, 0.4) is 0 Å². The number of piperidine rings is 1. The Bertz CT molecular complexity index is 958. The number of fused-ring (bicyclic) bond motifs is 1. The highest BCUT2D eigenvalue weighted by Gasteiger charge is 2.26. The highest BCUT2D eigenvalue weighted by atomic mass is 16.7. The summed E-state index contributed by atoms with van der Waals surface area (Å²) in [4.78, 5) is 27.1. The van der Waals surface area contributed by atoms with Gasteiger partial charge in [-0.3, -0.25) is 14.3 Å². The van der Waals surface area contributed by atoms with Crippen molar-refractivity contribution in [3.63, 3.8) is 0 Å². The summed E-state index contributed by atoms with van der Waals surface area (Å²) in [7, 11) is 0. The fourth-order valence-corrected chi connectivity index (χ4v) is 4.25. The van der Waals surface area contributed by atoms with E-state index in [1.807, 2.05) is 36.9 Å². The molecule has 0 bridgehead atoms. The molecular formula is C23H31N5O4. The van der Waals surface area contributed by atoms with Crippen LogP contribution in [0.5, 0.6) is 11.5 Å². The number of carbonyl (C=O) groups excluding carboxylic acids is 2. The Morgan fingerprint density at radius 1 is 1.22 bits per heavy atom. The third-order valence-electron chi connectivity index (χ3n) is 5.89. The van der Waals surface area contributed by atoms with E-state index >= 15 is 0 Å². The first kappa shape index (κ1) is 22.1. The normalized spacial score (nSPS) is 17.6. The summed E-state index contributed by atoms with van der Waals surface area (Å²) in [5.41, 5.74) is 1.39. The molecule has 9 heteroatoms. The first-order valence-corrected chi connectivity index (χ1v) is 11.4. The van der Waals surface area contributed by atoms with E-state index in [9.17, 15) is 9.59 Å². The fourth-order valence-electron chi connectivity index (χ4n) is 4.25. The number of carbonyl (C=O) groups is 2. The molecule has 2 aliphatic heterocycles. The van der Waals surface area contributed by atoms with Crippen molar-refractivity contribution in [2.75, 3.05) is 13.3 Å². The van der Waals surface area contributed by atoms with Gasteiger partial charge in [0.25, 0.3) is 5.91 Å². The second-order valence-corrected chi connectivity index (χ2v) is 8.71. The predicted octanol–water partition coefficient (Wildman–Crippen LogP) is 2.55. The standard InChI is InChI=1S/C23H31N5O4/c1-16(2)24-23(30)19-14-27(26-25-19)12-10-18-5-3-4-11-28(18)22(29)9-7-17-6-8-20-21(13-17)32-15-31-20/h6,8,13-14,16,18H,3-5,7,9-12,15H2,1-2H3,(H,24,30). The number of benzene rings is 1. The van der Waals surface area contributed by atoms with Gasteiger partial charge in [-0.2, -0.15) is 0 Å². The number of aromatic nitrogens is 3. The van der Waals surface area contributed by atoms with Gasteiger partial charge in [-0.05, 0) is 63.6 Å². The zero-order valence-corrected chi connectivity index (χ0v) is 18.7. The van der Waals surface area contributed by atoms with E-state index in [2.05, 4.69) is 15.6 Å². The summed E-state index contributed by atoms with van der Waals surface area (Å²) in [6, 6.07) is 6.09. The van der Waals surface area contributed by atoms with Crippen molar-refractivity contribution in [2.45, 2.75) is 71.0 Å². The maximum Gasteiger partial charge on any atom is 0.273 e. The summed E-state index contributed by atoms with van der Waals surface area (Å²) in [6.07, 6.45) is 6.77. The average Bonchev–Trinajstić information content (AvgIpc) is 3.45. The molecule has 1 atom stereocenters. The molecule has 2 aliphatic rings. The Kier molecular flexibility index (Phi) is 6.92. The maximum atomic E-state index is 13.0. The summed E-state index contributed by atoms with van der Waals surface area (Å²) in [6.45, 7) is 5.48. The van der Waals surface area contributed by atoms with Crippen LogP contribution >= 0.6 is 0 Å². The lowest BCUT2D eigenvalue weighted by molar-refractivity contribution is -0.135. The molecule has 1 aromatic carbocycles. The lowest BCUT2D eigenvalue weighted by atomic mass is 9.98. The number of nitrogens with zero attached hydrogens (tertiary/aromatic N) is 4. The molecule has 1 N–H and O–H groups in total. The third kappa shape index (κ3) is 5.38. The zero-order valence-electron chi connectivity index (χ0n) is 18.7. The number of hydrogen-bond acceptors (Lipinski definition) is 6. The molecule has 1 fully saturated rings. The van der Waals surface area contributed by atoms with Crippen molar-refractivity contribution in [2.24, 2.45) is 0 Å². The lowest BCUT2D eigenvalue weighted by Gasteiger charge is -2.36. The summed E-state index contributed by atoms with van der Waals surface area (Å²) < 4.78 is 12.5. The van der Waals surface area contributed by atoms with Crippen LogP contribution < -0.4 is 14.8 Å². The predicted molar refractivity (Wildman–Crippen MR) is 117 cm³/mol. The minimum Gasteiger partial charge on any atom is -0.454 e. The van der Waals surface area contributed by atoms with Crippen LogP contribution in [0.4, 0.5) is 0 Å². The maximum absolute atomic E-state index is 13.0. The van der Waals surface area contributed by atoms with Gasteiger partial charge in [-0.25, -0.2) is 0 Å². The van der Waals surface area contributed by atoms with Crippen LogP contribution in [-0.2, 0) is 17.8 Å². The molecule has 2 aromatic rings. The monoisotopic (exact) mass is 441 g/mol. The molecule has 0 radical (unpaired) electrons. The van der Waals surface area contributed by atoms with E-state index in [1.165, 1.54) is 0 Å². The van der Waals surface area contributed by atoms with Crippen molar-refractivity contribution >= 4 is 11.8 Å². The number of amides is 2. The van der Waals surface area contributed by atoms with Gasteiger partial charge in [0.2, 0.25) is 12.7 Å². The molecule has 0 saturated carbocycles. The Balaban J connectivity index is 1.30. The second kappa shape index (κ2) is 10.0. The van der Waals surface area contributed by atoms with Gasteiger partial charge >= 0.3 is 0 Å². The number of likely N-dealkylation sites (tertiary alicyclic amines) is 1. The van der Waals surface area contributed by atoms with Gasteiger partial charge in [-0.1, -0.05) is 11.3 Å². The molecule has 0 aliphatic carbocycles. The summed E-state index contributed by atoms with van der Waals surface area (Å²) in [5, 5.41) is 10.9. The minimum atomic E-state index is -0.218. The van der Waals surface area contributed by atoms with E-state index in [0.29, 0.717) is 25.1 Å². The molecule has 2 amide bonds. The summed E-state index contributed by atoms with van der Waals surface area (Å²) in [5.74, 6) is 1.47. The van der Waals surface area contributed by atoms with Crippen molar-refractivity contribution in [1.82, 2.24) is 25.2 Å². The molecule has 9 nitrogen and oxygen atoms in total. The lowest BCUT2D eigenvalue weighted by Crippen LogP contribution is -2.44. The smallest absolute Gasteiger partial charge is 0.273 e. The third-order valence-corrected chi connectivity index (χ3v) is 5.89. The Labute approximate surface area is 188 Å². The minimum absolute atomic E-state index is 0.0483. The molecule has 3 heterocycles. The Morgan fingerprint density at radius 3 is 2.91 bits per heavy atom. The average molecular weight is 442 g/mol. The van der Waals surface area contributed by atoms with Crippen molar-refractivity contribution < 1.29 is 19.1 Å². The SMILES string of the molecule is CC(C)NC(=O)c1cn(CCC2CCCCN2C(=O)CCc2ccc3c(c2)OCO3)nn1. The molecule has 1 saturated heterocycles. The van der Waals surface area contributed by atoms with E-state index in [4.69, 9.17) is 9.47 Å². The molecule has 4 rings (SSSR count). The molecule has 32 heavy (non-hydrogen) atoms. The van der Waals surface area contributed by atoms with Gasteiger partial charge < -0.3 is 19.7 Å². The zero-order chi connectivity index (χ0) is 22.5. The number of nitrogens with one attached hydrogen (secondary N) is 1. The quantitative estimate of drug-likeness (QED) is 0.676. The highest BCUT2D eigenvalue weighted by molar-refractivity contribution is 5.91. The van der Waals surface area contributed by atoms with Crippen LogP contribution in [0, 0.1) is 0 Å². The number of rotatable bonds is 8. The van der Waals surface area contributed by atoms with Crippen LogP contribution in [-0.4, -0.2) is 57.1 Å². The Hall–Kier alpha value is -3.10. The van der Waals surface area contributed by atoms with Crippen LogP contribution in [0.1, 0.15) is 62.0 Å². The molecule has 1 aromatic heterocycles. The van der Waals surface area contributed by atoms with Crippen LogP contribution in [0.15, 0.2) is 24.4 Å². The molecule has 172 valence electrons. The molecule has 1 unspecified atom stereocenters. The molecular weight excluding hydrogens is 410 g/mol. The van der Waals surface area contributed by atoms with Crippen LogP contribution in [0.2, 0.25) is 0 Å². The van der Waals surface area contributed by atoms with Crippen molar-refractivity contribution in [3.8, 4) is 11.5 Å². The molecule has 0 spiro atoms. The topological polar surface area (TPSA) is 98.6 Å². The van der Waals surface area contributed by atoms with E-state index in [-0.39, 0.29) is 30.7 Å². The number of hydrogen-bond donors (Lipinski definition) is 1. The van der Waals surface area contributed by atoms with Gasteiger partial charge in [0.15, 0.2) is 17.2 Å². The van der Waals surface area contributed by atoms with Crippen LogP contribution in [0.25, 0.3) is 0 Å². The second-order valence-electron chi connectivity index (χ2n) is 8.71.